The maximum absolute atomic E-state index is 12.4. The van der Waals surface area contributed by atoms with Crippen molar-refractivity contribution in [3.05, 3.63) is 33.8 Å². The summed E-state index contributed by atoms with van der Waals surface area (Å²) < 4.78 is 37.5. The van der Waals surface area contributed by atoms with Crippen molar-refractivity contribution in [3.8, 4) is 0 Å². The van der Waals surface area contributed by atoms with Crippen LogP contribution in [0, 0.1) is 0 Å². The molecule has 0 spiro atoms. The zero-order chi connectivity index (χ0) is 11.3. The monoisotopic (exact) mass is 279 g/mol. The van der Waals surface area contributed by atoms with Gasteiger partial charge in [-0.3, -0.25) is 0 Å². The summed E-state index contributed by atoms with van der Waals surface area (Å²) in [6.07, 6.45) is -2.64. The van der Waals surface area contributed by atoms with Crippen molar-refractivity contribution in [3.63, 3.8) is 0 Å². The van der Waals surface area contributed by atoms with Crippen LogP contribution in [0.15, 0.2) is 22.7 Å². The number of benzene rings is 1. The highest BCUT2D eigenvalue weighted by molar-refractivity contribution is 9.10. The van der Waals surface area contributed by atoms with Crippen LogP contribution in [0.1, 0.15) is 24.0 Å². The van der Waals surface area contributed by atoms with E-state index in [9.17, 15) is 13.2 Å². The van der Waals surface area contributed by atoms with E-state index in [1.165, 1.54) is 6.07 Å². The summed E-state index contributed by atoms with van der Waals surface area (Å²) in [5.41, 5.74) is 5.61. The Balaban J connectivity index is 2.40. The van der Waals surface area contributed by atoms with Gasteiger partial charge in [-0.05, 0) is 30.5 Å². The van der Waals surface area contributed by atoms with Gasteiger partial charge in [0.1, 0.15) is 0 Å². The number of hydrogen-bond donors (Lipinski definition) is 1. The zero-order valence-corrected chi connectivity index (χ0v) is 9.32. The minimum atomic E-state index is -4.30. The zero-order valence-electron chi connectivity index (χ0n) is 7.74. The van der Waals surface area contributed by atoms with Crippen LogP contribution < -0.4 is 5.73 Å². The van der Waals surface area contributed by atoms with Crippen molar-refractivity contribution in [1.29, 1.82) is 0 Å². The molecule has 1 aliphatic carbocycles. The van der Waals surface area contributed by atoms with Crippen molar-refractivity contribution < 1.29 is 13.2 Å². The molecule has 1 saturated carbocycles. The van der Waals surface area contributed by atoms with Gasteiger partial charge in [-0.2, -0.15) is 13.2 Å². The molecular formula is C10H9BrF3N. The Morgan fingerprint density at radius 2 is 1.87 bits per heavy atom. The fraction of sp³-hybridized carbons (Fsp3) is 0.400. The van der Waals surface area contributed by atoms with Gasteiger partial charge in [0, 0.05) is 10.0 Å². The Morgan fingerprint density at radius 1 is 1.27 bits per heavy atom. The van der Waals surface area contributed by atoms with Gasteiger partial charge in [-0.1, -0.05) is 22.0 Å². The highest BCUT2D eigenvalue weighted by Gasteiger charge is 2.42. The topological polar surface area (TPSA) is 26.0 Å². The summed E-state index contributed by atoms with van der Waals surface area (Å²) in [4.78, 5) is 0. The molecule has 1 aliphatic rings. The number of alkyl halides is 3. The molecule has 15 heavy (non-hydrogen) atoms. The third kappa shape index (κ3) is 2.03. The lowest BCUT2D eigenvalue weighted by molar-refractivity contribution is -0.137. The minimum Gasteiger partial charge on any atom is -0.321 e. The second-order valence-electron chi connectivity index (χ2n) is 3.85. The van der Waals surface area contributed by atoms with E-state index < -0.39 is 17.3 Å². The molecule has 0 amide bonds. The van der Waals surface area contributed by atoms with Gasteiger partial charge in [0.25, 0.3) is 0 Å². The van der Waals surface area contributed by atoms with E-state index in [-0.39, 0.29) is 0 Å². The van der Waals surface area contributed by atoms with Crippen molar-refractivity contribution in [2.24, 2.45) is 5.73 Å². The molecule has 5 heteroatoms. The first kappa shape index (κ1) is 11.0. The highest BCUT2D eigenvalue weighted by Crippen LogP contribution is 2.46. The summed E-state index contributed by atoms with van der Waals surface area (Å²) in [7, 11) is 0. The maximum atomic E-state index is 12.4. The second kappa shape index (κ2) is 3.22. The molecule has 0 aromatic heterocycles. The first-order valence-electron chi connectivity index (χ1n) is 4.49. The summed E-state index contributed by atoms with van der Waals surface area (Å²) in [6.45, 7) is 0. The van der Waals surface area contributed by atoms with E-state index in [1.54, 1.807) is 0 Å². The minimum absolute atomic E-state index is 0.414. The molecule has 2 rings (SSSR count). The standard InChI is InChI=1S/C10H9BrF3N/c11-8-5-6(10(12,13)14)1-2-7(8)9(15)3-4-9/h1-2,5H,3-4,15H2. The first-order valence-corrected chi connectivity index (χ1v) is 5.28. The van der Waals surface area contributed by atoms with Gasteiger partial charge in [-0.15, -0.1) is 0 Å². The fourth-order valence-corrected chi connectivity index (χ4v) is 2.27. The number of nitrogens with two attached hydrogens (primary N) is 1. The molecule has 1 nitrogen and oxygen atoms in total. The second-order valence-corrected chi connectivity index (χ2v) is 4.70. The largest absolute Gasteiger partial charge is 0.416 e. The third-order valence-corrected chi connectivity index (χ3v) is 3.28. The number of hydrogen-bond acceptors (Lipinski definition) is 1. The molecule has 82 valence electrons. The van der Waals surface area contributed by atoms with Gasteiger partial charge < -0.3 is 5.73 Å². The first-order chi connectivity index (χ1) is 6.83. The number of rotatable bonds is 1. The van der Waals surface area contributed by atoms with Crippen LogP contribution in [0.2, 0.25) is 0 Å². The van der Waals surface area contributed by atoms with E-state index in [2.05, 4.69) is 15.9 Å². The SMILES string of the molecule is NC1(c2ccc(C(F)(F)F)cc2Br)CC1. The average Bonchev–Trinajstić information content (AvgIpc) is 2.82. The van der Waals surface area contributed by atoms with Gasteiger partial charge >= 0.3 is 6.18 Å². The fourth-order valence-electron chi connectivity index (χ4n) is 1.50. The molecule has 0 heterocycles. The highest BCUT2D eigenvalue weighted by atomic mass is 79.9. The Hall–Kier alpha value is -0.550. The van der Waals surface area contributed by atoms with Crippen molar-refractivity contribution in [1.82, 2.24) is 0 Å². The van der Waals surface area contributed by atoms with Gasteiger partial charge in [0.15, 0.2) is 0 Å². The summed E-state index contributed by atoms with van der Waals surface area (Å²) in [5, 5.41) is 0. The predicted octanol–water partition coefficient (Wildman–Crippen LogP) is 3.42. The molecule has 1 fully saturated rings. The molecule has 0 unspecified atom stereocenters. The quantitative estimate of drug-likeness (QED) is 0.838. The molecule has 0 aliphatic heterocycles. The van der Waals surface area contributed by atoms with Crippen molar-refractivity contribution >= 4 is 15.9 Å². The molecule has 2 N–H and O–H groups in total. The van der Waals surface area contributed by atoms with Crippen LogP contribution in [0.25, 0.3) is 0 Å². The van der Waals surface area contributed by atoms with Crippen LogP contribution >= 0.6 is 15.9 Å². The van der Waals surface area contributed by atoms with Crippen LogP contribution in [0.3, 0.4) is 0 Å². The van der Waals surface area contributed by atoms with Crippen LogP contribution in [0.4, 0.5) is 13.2 Å². The summed E-state index contributed by atoms with van der Waals surface area (Å²) in [5.74, 6) is 0. The van der Waals surface area contributed by atoms with E-state index in [1.807, 2.05) is 0 Å². The molecule has 1 aromatic rings. The lowest BCUT2D eigenvalue weighted by Gasteiger charge is -2.14. The molecule has 0 saturated heterocycles. The molecule has 1 aromatic carbocycles. The van der Waals surface area contributed by atoms with E-state index in [0.717, 1.165) is 30.5 Å². The Bertz CT molecular complexity index is 396. The van der Waals surface area contributed by atoms with E-state index in [4.69, 9.17) is 5.73 Å². The van der Waals surface area contributed by atoms with E-state index in [0.29, 0.717) is 4.47 Å². The Labute approximate surface area is 93.6 Å². The number of halogens is 4. The average molecular weight is 280 g/mol. The van der Waals surface area contributed by atoms with Crippen LogP contribution in [-0.4, -0.2) is 0 Å². The molecule has 0 bridgehead atoms. The van der Waals surface area contributed by atoms with Gasteiger partial charge in [0.05, 0.1) is 5.56 Å². The van der Waals surface area contributed by atoms with E-state index >= 15 is 0 Å². The normalized spacial score (nSPS) is 19.0. The predicted molar refractivity (Wildman–Crippen MR) is 54.2 cm³/mol. The van der Waals surface area contributed by atoms with Crippen LogP contribution in [0.5, 0.6) is 0 Å². The van der Waals surface area contributed by atoms with Crippen molar-refractivity contribution in [2.75, 3.05) is 0 Å². The van der Waals surface area contributed by atoms with Crippen molar-refractivity contribution in [2.45, 2.75) is 24.6 Å². The van der Waals surface area contributed by atoms with Gasteiger partial charge in [-0.25, -0.2) is 0 Å². The summed E-state index contributed by atoms with van der Waals surface area (Å²) >= 11 is 3.14. The van der Waals surface area contributed by atoms with Gasteiger partial charge in [0.2, 0.25) is 0 Å². The summed E-state index contributed by atoms with van der Waals surface area (Å²) in [6, 6.07) is 3.62. The molecular weight excluding hydrogens is 271 g/mol. The smallest absolute Gasteiger partial charge is 0.321 e. The third-order valence-electron chi connectivity index (χ3n) is 2.62. The maximum Gasteiger partial charge on any atom is 0.416 e. The van der Waals surface area contributed by atoms with Crippen LogP contribution in [-0.2, 0) is 11.7 Å². The Morgan fingerprint density at radius 3 is 2.27 bits per heavy atom. The molecule has 0 radical (unpaired) electrons. The Kier molecular flexibility index (Phi) is 2.35. The lowest BCUT2D eigenvalue weighted by atomic mass is 10.0. The lowest BCUT2D eigenvalue weighted by Crippen LogP contribution is -2.19. The molecule has 0 atom stereocenters.